The van der Waals surface area contributed by atoms with Crippen molar-refractivity contribution in [1.82, 2.24) is 4.98 Å². The third kappa shape index (κ3) is 1.60. The van der Waals surface area contributed by atoms with E-state index in [1.54, 1.807) is 0 Å². The summed E-state index contributed by atoms with van der Waals surface area (Å²) in [6, 6.07) is 0.836. The molecule has 0 saturated carbocycles. The molecule has 0 unspecified atom stereocenters. The van der Waals surface area contributed by atoms with E-state index in [0.717, 1.165) is 12.3 Å². The van der Waals surface area contributed by atoms with Crippen LogP contribution in [-0.4, -0.2) is 4.98 Å². The number of nitrogens with one attached hydrogen (secondary N) is 1. The van der Waals surface area contributed by atoms with Crippen LogP contribution in [-0.2, 0) is 6.18 Å². The summed E-state index contributed by atoms with van der Waals surface area (Å²) in [4.78, 5) is 12.7. The summed E-state index contributed by atoms with van der Waals surface area (Å²) >= 11 is 0. The number of hydrogen-bond acceptors (Lipinski definition) is 1. The molecule has 0 aliphatic heterocycles. The summed E-state index contributed by atoms with van der Waals surface area (Å²) in [5, 5.41) is 0. The van der Waals surface area contributed by atoms with Crippen molar-refractivity contribution in [2.45, 2.75) is 6.18 Å². The van der Waals surface area contributed by atoms with Crippen LogP contribution in [0.15, 0.2) is 23.3 Å². The van der Waals surface area contributed by atoms with Crippen molar-refractivity contribution in [3.05, 3.63) is 34.2 Å². The molecular formula is C6H4F3NO. The van der Waals surface area contributed by atoms with Gasteiger partial charge in [0, 0.05) is 18.5 Å². The summed E-state index contributed by atoms with van der Waals surface area (Å²) in [7, 11) is 0. The normalized spacial score (nSPS) is 11.5. The fourth-order valence-electron chi connectivity index (χ4n) is 0.638. The maximum atomic E-state index is 11.8. The highest BCUT2D eigenvalue weighted by Crippen LogP contribution is 2.25. The van der Waals surface area contributed by atoms with Crippen LogP contribution in [0, 0.1) is 0 Å². The highest BCUT2D eigenvalue weighted by atomic mass is 19.4. The number of alkyl halides is 3. The van der Waals surface area contributed by atoms with Crippen molar-refractivity contribution in [1.29, 1.82) is 0 Å². The molecule has 1 heterocycles. The second-order valence-electron chi connectivity index (χ2n) is 1.92. The number of H-pyrrole nitrogens is 1. The molecule has 0 atom stereocenters. The minimum atomic E-state index is -4.56. The Morgan fingerprint density at radius 3 is 2.36 bits per heavy atom. The van der Waals surface area contributed by atoms with Gasteiger partial charge in [-0.25, -0.2) is 0 Å². The van der Waals surface area contributed by atoms with Crippen molar-refractivity contribution in [2.75, 3.05) is 0 Å². The van der Waals surface area contributed by atoms with Gasteiger partial charge in [0.1, 0.15) is 5.56 Å². The van der Waals surface area contributed by atoms with Gasteiger partial charge in [-0.2, -0.15) is 13.2 Å². The van der Waals surface area contributed by atoms with Crippen molar-refractivity contribution < 1.29 is 13.2 Å². The van der Waals surface area contributed by atoms with Gasteiger partial charge in [0.2, 0.25) is 0 Å². The highest BCUT2D eigenvalue weighted by Gasteiger charge is 2.33. The molecule has 0 bridgehead atoms. The molecule has 5 heteroatoms. The molecule has 0 saturated heterocycles. The van der Waals surface area contributed by atoms with E-state index in [1.807, 2.05) is 0 Å². The van der Waals surface area contributed by atoms with Gasteiger partial charge < -0.3 is 4.98 Å². The van der Waals surface area contributed by atoms with Gasteiger partial charge in [0.15, 0.2) is 5.43 Å². The van der Waals surface area contributed by atoms with E-state index in [0.29, 0.717) is 6.20 Å². The molecule has 60 valence electrons. The van der Waals surface area contributed by atoms with E-state index in [1.165, 1.54) is 0 Å². The average molecular weight is 163 g/mol. The molecule has 0 fully saturated rings. The van der Waals surface area contributed by atoms with Crippen LogP contribution < -0.4 is 5.43 Å². The first-order valence-corrected chi connectivity index (χ1v) is 2.76. The lowest BCUT2D eigenvalue weighted by Gasteiger charge is -2.02. The number of aromatic amines is 1. The SMILES string of the molecule is O=c1cc[nH]cc1C(F)(F)F. The van der Waals surface area contributed by atoms with Gasteiger partial charge in [-0.05, 0) is 0 Å². The van der Waals surface area contributed by atoms with Gasteiger partial charge in [-0.3, -0.25) is 4.79 Å². The predicted molar refractivity (Wildman–Crippen MR) is 32.1 cm³/mol. The highest BCUT2D eigenvalue weighted by molar-refractivity contribution is 5.12. The topological polar surface area (TPSA) is 32.9 Å². The van der Waals surface area contributed by atoms with Crippen LogP contribution in [0.25, 0.3) is 0 Å². The zero-order valence-electron chi connectivity index (χ0n) is 5.27. The molecule has 0 radical (unpaired) electrons. The van der Waals surface area contributed by atoms with E-state index in [4.69, 9.17) is 0 Å². The van der Waals surface area contributed by atoms with E-state index in [-0.39, 0.29) is 0 Å². The minimum absolute atomic E-state index is 0.641. The quantitative estimate of drug-likeness (QED) is 0.615. The van der Waals surface area contributed by atoms with Crippen molar-refractivity contribution >= 4 is 0 Å². The van der Waals surface area contributed by atoms with Gasteiger partial charge >= 0.3 is 6.18 Å². The molecule has 0 amide bonds. The summed E-state index contributed by atoms with van der Waals surface area (Å²) < 4.78 is 35.5. The Labute approximate surface area is 59.7 Å². The van der Waals surface area contributed by atoms with Crippen molar-refractivity contribution in [2.24, 2.45) is 0 Å². The van der Waals surface area contributed by atoms with Gasteiger partial charge in [0.25, 0.3) is 0 Å². The molecule has 0 aliphatic carbocycles. The van der Waals surface area contributed by atoms with Crippen molar-refractivity contribution in [3.63, 3.8) is 0 Å². The molecule has 1 aromatic heterocycles. The number of halogens is 3. The number of rotatable bonds is 0. The number of pyridine rings is 1. The Morgan fingerprint density at radius 1 is 1.36 bits per heavy atom. The third-order valence-electron chi connectivity index (χ3n) is 1.13. The third-order valence-corrected chi connectivity index (χ3v) is 1.13. The Morgan fingerprint density at radius 2 is 2.00 bits per heavy atom. The zero-order chi connectivity index (χ0) is 8.48. The van der Waals surface area contributed by atoms with Gasteiger partial charge in [-0.1, -0.05) is 0 Å². The maximum Gasteiger partial charge on any atom is 0.421 e. The number of hydrogen-bond donors (Lipinski definition) is 1. The van der Waals surface area contributed by atoms with Crippen LogP contribution in [0.3, 0.4) is 0 Å². The van der Waals surface area contributed by atoms with Crippen LogP contribution in [0.2, 0.25) is 0 Å². The minimum Gasteiger partial charge on any atom is -0.367 e. The maximum absolute atomic E-state index is 11.8. The summed E-state index contributed by atoms with van der Waals surface area (Å²) in [6.45, 7) is 0. The van der Waals surface area contributed by atoms with Gasteiger partial charge in [0.05, 0.1) is 0 Å². The first-order valence-electron chi connectivity index (χ1n) is 2.76. The molecule has 0 aliphatic rings. The first-order chi connectivity index (χ1) is 5.02. The van der Waals surface area contributed by atoms with Crippen molar-refractivity contribution in [3.8, 4) is 0 Å². The standard InChI is InChI=1S/C6H4F3NO/c7-6(8,9)4-3-10-2-1-5(4)11/h1-3H,(H,10,11). The second kappa shape index (κ2) is 2.41. The summed E-state index contributed by atoms with van der Waals surface area (Å²) in [5.74, 6) is 0. The Balaban J connectivity index is 3.26. The summed E-state index contributed by atoms with van der Waals surface area (Å²) in [5.41, 5.74) is -2.18. The molecule has 1 rings (SSSR count). The van der Waals surface area contributed by atoms with Crippen LogP contribution in [0.5, 0.6) is 0 Å². The Hall–Kier alpha value is -1.26. The lowest BCUT2D eigenvalue weighted by Crippen LogP contribution is -2.17. The van der Waals surface area contributed by atoms with E-state index >= 15 is 0 Å². The molecule has 1 N–H and O–H groups in total. The Bertz CT molecular complexity index is 301. The first kappa shape index (κ1) is 7.84. The van der Waals surface area contributed by atoms with Crippen LogP contribution >= 0.6 is 0 Å². The lowest BCUT2D eigenvalue weighted by atomic mass is 10.3. The van der Waals surface area contributed by atoms with Gasteiger partial charge in [-0.15, -0.1) is 0 Å². The fourth-order valence-corrected chi connectivity index (χ4v) is 0.638. The molecule has 0 aromatic carbocycles. The Kier molecular flexibility index (Phi) is 1.72. The largest absolute Gasteiger partial charge is 0.421 e. The smallest absolute Gasteiger partial charge is 0.367 e. The molecule has 1 aromatic rings. The van der Waals surface area contributed by atoms with Crippen LogP contribution in [0.1, 0.15) is 5.56 Å². The lowest BCUT2D eigenvalue weighted by molar-refractivity contribution is -0.138. The predicted octanol–water partition coefficient (Wildman–Crippen LogP) is 1.39. The fraction of sp³-hybridized carbons (Fsp3) is 0.167. The second-order valence-corrected chi connectivity index (χ2v) is 1.92. The zero-order valence-corrected chi connectivity index (χ0v) is 5.27. The van der Waals surface area contributed by atoms with E-state index in [2.05, 4.69) is 4.98 Å². The molecule has 11 heavy (non-hydrogen) atoms. The molecule has 2 nitrogen and oxygen atoms in total. The van der Waals surface area contributed by atoms with E-state index < -0.39 is 17.2 Å². The van der Waals surface area contributed by atoms with Crippen LogP contribution in [0.4, 0.5) is 13.2 Å². The number of aromatic nitrogens is 1. The molecular weight excluding hydrogens is 159 g/mol. The monoisotopic (exact) mass is 163 g/mol. The summed E-state index contributed by atoms with van der Waals surface area (Å²) in [6.07, 6.45) is -2.77. The van der Waals surface area contributed by atoms with E-state index in [9.17, 15) is 18.0 Å². The average Bonchev–Trinajstić information content (AvgIpc) is 1.86. The molecule has 0 spiro atoms.